The van der Waals surface area contributed by atoms with Gasteiger partial charge in [0.25, 0.3) is 0 Å². The molecule has 0 unspecified atom stereocenters. The highest BCUT2D eigenvalue weighted by Gasteiger charge is 2.27. The molecule has 0 radical (unpaired) electrons. The van der Waals surface area contributed by atoms with Crippen LogP contribution in [-0.2, 0) is 5.41 Å². The third-order valence-electron chi connectivity index (χ3n) is 4.53. The normalized spacial score (nSPS) is 11.8. The molecule has 0 saturated heterocycles. The lowest BCUT2D eigenvalue weighted by Crippen LogP contribution is -2.20. The van der Waals surface area contributed by atoms with E-state index < -0.39 is 0 Å². The Bertz CT molecular complexity index is 659. The quantitative estimate of drug-likeness (QED) is 0.445. The van der Waals surface area contributed by atoms with Crippen LogP contribution in [0, 0.1) is 0 Å². The van der Waals surface area contributed by atoms with Crippen molar-refractivity contribution in [3.8, 4) is 0 Å². The van der Waals surface area contributed by atoms with Crippen molar-refractivity contribution < 1.29 is 0 Å². The highest BCUT2D eigenvalue weighted by Crippen LogP contribution is 2.43. The van der Waals surface area contributed by atoms with E-state index >= 15 is 0 Å². The van der Waals surface area contributed by atoms with Crippen LogP contribution in [0.3, 0.4) is 0 Å². The zero-order chi connectivity index (χ0) is 18.8. The highest BCUT2D eigenvalue weighted by atomic mass is 32.2. The van der Waals surface area contributed by atoms with Gasteiger partial charge >= 0.3 is 0 Å². The molecule has 2 rings (SSSR count). The van der Waals surface area contributed by atoms with Gasteiger partial charge in [0.15, 0.2) is 0 Å². The number of benzene rings is 2. The van der Waals surface area contributed by atoms with Gasteiger partial charge in [-0.1, -0.05) is 13.8 Å². The molecule has 2 aromatic rings. The Hall–Kier alpha value is -0.560. The minimum absolute atomic E-state index is 0.134. The van der Waals surface area contributed by atoms with Gasteiger partial charge in [0.1, 0.15) is 0 Å². The lowest BCUT2D eigenvalue weighted by atomic mass is 9.78. The smallest absolute Gasteiger partial charge is 0.0590 e. The minimum atomic E-state index is -0.134. The summed E-state index contributed by atoms with van der Waals surface area (Å²) in [4.78, 5) is 4.56. The van der Waals surface area contributed by atoms with Crippen molar-refractivity contribution in [3.63, 3.8) is 0 Å². The Kier molecular flexibility index (Phi) is 6.99. The molecule has 0 heterocycles. The molecule has 6 heteroatoms. The van der Waals surface area contributed by atoms with Gasteiger partial charge in [0, 0.05) is 25.0 Å². The second kappa shape index (κ2) is 8.42. The molecule has 0 aliphatic carbocycles. The van der Waals surface area contributed by atoms with E-state index in [-0.39, 0.29) is 5.41 Å². The fourth-order valence-electron chi connectivity index (χ4n) is 2.77. The van der Waals surface area contributed by atoms with Crippen molar-refractivity contribution in [1.82, 2.24) is 0 Å². The maximum absolute atomic E-state index is 6.30. The van der Waals surface area contributed by atoms with Gasteiger partial charge in [-0.05, 0) is 60.4 Å². The van der Waals surface area contributed by atoms with Crippen molar-refractivity contribution in [2.45, 2.75) is 38.8 Å². The van der Waals surface area contributed by atoms with Crippen LogP contribution in [-0.4, -0.2) is 25.0 Å². The van der Waals surface area contributed by atoms with Crippen LogP contribution in [0.2, 0.25) is 0 Å². The first-order valence-electron chi connectivity index (χ1n) is 7.84. The topological polar surface area (TPSA) is 52.0 Å². The fourth-order valence-corrected chi connectivity index (χ4v) is 5.19. The molecule has 0 amide bonds. The summed E-state index contributed by atoms with van der Waals surface area (Å²) in [6.45, 7) is 4.54. The number of rotatable bonds is 6. The Morgan fingerprint density at radius 2 is 0.840 bits per heavy atom. The van der Waals surface area contributed by atoms with Gasteiger partial charge in [0.05, 0.1) is 11.4 Å². The summed E-state index contributed by atoms with van der Waals surface area (Å²) in [6.07, 6.45) is 8.31. The number of hydrogen-bond acceptors (Lipinski definition) is 6. The summed E-state index contributed by atoms with van der Waals surface area (Å²) < 4.78 is 0. The molecule has 25 heavy (non-hydrogen) atoms. The van der Waals surface area contributed by atoms with Gasteiger partial charge in [-0.3, -0.25) is 0 Å². The van der Waals surface area contributed by atoms with Crippen LogP contribution >= 0.6 is 47.0 Å². The lowest BCUT2D eigenvalue weighted by molar-refractivity contribution is 0.633. The molecule has 136 valence electrons. The molecule has 4 N–H and O–H groups in total. The first-order chi connectivity index (χ1) is 11.8. The summed E-state index contributed by atoms with van der Waals surface area (Å²) in [5.41, 5.74) is 16.8. The maximum atomic E-state index is 6.30. The second-order valence-electron chi connectivity index (χ2n) is 6.21. The summed E-state index contributed by atoms with van der Waals surface area (Å²) in [5.74, 6) is 0. The van der Waals surface area contributed by atoms with E-state index in [2.05, 4.69) is 63.1 Å². The Morgan fingerprint density at radius 3 is 1.04 bits per heavy atom. The van der Waals surface area contributed by atoms with E-state index in [0.29, 0.717) is 0 Å². The molecule has 0 aliphatic heterocycles. The second-order valence-corrected chi connectivity index (χ2v) is 9.61. The first-order valence-corrected chi connectivity index (χ1v) is 12.7. The molecular formula is C19H26N2S4. The molecule has 2 aromatic carbocycles. The van der Waals surface area contributed by atoms with E-state index in [1.807, 2.05) is 0 Å². The third kappa shape index (κ3) is 4.07. The molecule has 2 nitrogen and oxygen atoms in total. The van der Waals surface area contributed by atoms with Gasteiger partial charge in [0.2, 0.25) is 0 Å². The molecule has 0 aromatic heterocycles. The number of nitrogen functional groups attached to an aromatic ring is 2. The predicted octanol–water partition coefficient (Wildman–Crippen LogP) is 6.06. The number of hydrogen-bond donors (Lipinski definition) is 2. The van der Waals surface area contributed by atoms with E-state index in [1.165, 1.54) is 11.1 Å². The number of nitrogens with two attached hydrogens (primary N) is 2. The summed E-state index contributed by atoms with van der Waals surface area (Å²) >= 11 is 6.81. The van der Waals surface area contributed by atoms with E-state index in [9.17, 15) is 0 Å². The molecule has 0 atom stereocenters. The standard InChI is InChI=1S/C19H26N2S4/c1-19(2,11-7-13(22-3)17(20)14(8-11)23-4)12-9-15(24-5)18(21)16(10-12)25-6/h7-10H,20-21H2,1-6H3. The highest BCUT2D eigenvalue weighted by molar-refractivity contribution is 8.00. The first kappa shape index (κ1) is 20.7. The average molecular weight is 411 g/mol. The predicted molar refractivity (Wildman–Crippen MR) is 121 cm³/mol. The van der Waals surface area contributed by atoms with Crippen molar-refractivity contribution in [2.24, 2.45) is 0 Å². The summed E-state index contributed by atoms with van der Waals surface area (Å²) in [7, 11) is 0. The zero-order valence-corrected chi connectivity index (χ0v) is 18.9. The van der Waals surface area contributed by atoms with Gasteiger partial charge in [-0.2, -0.15) is 0 Å². The largest absolute Gasteiger partial charge is 0.397 e. The third-order valence-corrected chi connectivity index (χ3v) is 7.64. The molecule has 0 fully saturated rings. The van der Waals surface area contributed by atoms with Crippen molar-refractivity contribution >= 4 is 58.4 Å². The molecular weight excluding hydrogens is 384 g/mol. The SMILES string of the molecule is CSc1cc(C(C)(C)c2cc(SC)c(N)c(SC)c2)cc(SC)c1N. The fraction of sp³-hybridized carbons (Fsp3) is 0.368. The van der Waals surface area contributed by atoms with E-state index in [0.717, 1.165) is 31.0 Å². The Morgan fingerprint density at radius 1 is 0.600 bits per heavy atom. The Labute approximate surface area is 168 Å². The minimum Gasteiger partial charge on any atom is -0.397 e. The van der Waals surface area contributed by atoms with Crippen molar-refractivity contribution in [3.05, 3.63) is 35.4 Å². The molecule has 0 bridgehead atoms. The summed E-state index contributed by atoms with van der Waals surface area (Å²) in [5, 5.41) is 0. The lowest BCUT2D eigenvalue weighted by Gasteiger charge is -2.29. The molecule has 0 saturated carbocycles. The van der Waals surface area contributed by atoms with Gasteiger partial charge in [-0.15, -0.1) is 47.0 Å². The van der Waals surface area contributed by atoms with Crippen molar-refractivity contribution in [2.75, 3.05) is 36.5 Å². The van der Waals surface area contributed by atoms with Gasteiger partial charge < -0.3 is 11.5 Å². The number of thioether (sulfide) groups is 4. The average Bonchev–Trinajstić information content (AvgIpc) is 2.61. The Balaban J connectivity index is 2.66. The van der Waals surface area contributed by atoms with Crippen LogP contribution < -0.4 is 11.5 Å². The van der Waals surface area contributed by atoms with Crippen LogP contribution in [0.25, 0.3) is 0 Å². The van der Waals surface area contributed by atoms with Crippen LogP contribution in [0.15, 0.2) is 43.8 Å². The van der Waals surface area contributed by atoms with Crippen molar-refractivity contribution in [1.29, 1.82) is 0 Å². The monoisotopic (exact) mass is 410 g/mol. The van der Waals surface area contributed by atoms with Crippen LogP contribution in [0.1, 0.15) is 25.0 Å². The van der Waals surface area contributed by atoms with E-state index in [4.69, 9.17) is 11.5 Å². The maximum Gasteiger partial charge on any atom is 0.0590 e. The molecule has 0 aliphatic rings. The van der Waals surface area contributed by atoms with E-state index in [1.54, 1.807) is 47.0 Å². The molecule has 0 spiro atoms. The summed E-state index contributed by atoms with van der Waals surface area (Å²) in [6, 6.07) is 8.92. The zero-order valence-electron chi connectivity index (χ0n) is 15.6. The number of anilines is 2. The van der Waals surface area contributed by atoms with Crippen LogP contribution in [0.4, 0.5) is 11.4 Å². The van der Waals surface area contributed by atoms with Gasteiger partial charge in [-0.25, -0.2) is 0 Å². The van der Waals surface area contributed by atoms with Crippen LogP contribution in [0.5, 0.6) is 0 Å².